The van der Waals surface area contributed by atoms with Crippen molar-refractivity contribution in [3.05, 3.63) is 36.5 Å². The fraction of sp³-hybridized carbons (Fsp3) is 0.851. The number of amides is 1. The molecule has 0 saturated carbocycles. The molecule has 0 spiro atoms. The molecule has 0 aliphatic carbocycles. The minimum atomic E-state index is -1.57. The summed E-state index contributed by atoms with van der Waals surface area (Å²) in [7, 11) is 0. The second kappa shape index (κ2) is 37.7. The van der Waals surface area contributed by atoms with E-state index in [4.69, 9.17) is 9.47 Å². The van der Waals surface area contributed by atoms with Gasteiger partial charge in [-0.1, -0.05) is 172 Å². The lowest BCUT2D eigenvalue weighted by Crippen LogP contribution is -2.60. The zero-order chi connectivity index (χ0) is 40.9. The Morgan fingerprint density at radius 3 is 1.50 bits per heavy atom. The minimum absolute atomic E-state index is 0.196. The predicted octanol–water partition coefficient (Wildman–Crippen LogP) is 9.67. The Hall–Kier alpha value is -1.59. The van der Waals surface area contributed by atoms with E-state index in [1.165, 1.54) is 122 Å². The van der Waals surface area contributed by atoms with Gasteiger partial charge in [-0.2, -0.15) is 0 Å². The topological polar surface area (TPSA) is 149 Å². The van der Waals surface area contributed by atoms with Gasteiger partial charge in [-0.15, -0.1) is 0 Å². The Bertz CT molecular complexity index is 972. The van der Waals surface area contributed by atoms with Crippen LogP contribution in [0.3, 0.4) is 0 Å². The van der Waals surface area contributed by atoms with E-state index in [-0.39, 0.29) is 12.5 Å². The normalized spacial score (nSPS) is 21.4. The molecule has 56 heavy (non-hydrogen) atoms. The van der Waals surface area contributed by atoms with Gasteiger partial charge in [0.15, 0.2) is 6.29 Å². The third kappa shape index (κ3) is 27.9. The second-order valence-electron chi connectivity index (χ2n) is 16.2. The van der Waals surface area contributed by atoms with Gasteiger partial charge in [0.05, 0.1) is 25.4 Å². The average molecular weight is 794 g/mol. The highest BCUT2D eigenvalue weighted by atomic mass is 16.7. The highest BCUT2D eigenvalue weighted by Gasteiger charge is 2.44. The Labute approximate surface area is 342 Å². The van der Waals surface area contributed by atoms with Crippen LogP contribution in [0.2, 0.25) is 0 Å². The van der Waals surface area contributed by atoms with E-state index in [1.807, 2.05) is 6.08 Å². The van der Waals surface area contributed by atoms with E-state index in [2.05, 4.69) is 43.5 Å². The number of hydrogen-bond acceptors (Lipinski definition) is 8. The van der Waals surface area contributed by atoms with Crippen LogP contribution in [0.1, 0.15) is 200 Å². The van der Waals surface area contributed by atoms with E-state index in [9.17, 15) is 30.3 Å². The minimum Gasteiger partial charge on any atom is -0.394 e. The molecule has 1 aliphatic rings. The maximum atomic E-state index is 12.9. The van der Waals surface area contributed by atoms with Crippen molar-refractivity contribution in [3.8, 4) is 0 Å². The van der Waals surface area contributed by atoms with E-state index < -0.39 is 49.5 Å². The number of ether oxygens (including phenoxy) is 2. The van der Waals surface area contributed by atoms with E-state index in [1.54, 1.807) is 6.08 Å². The zero-order valence-electron chi connectivity index (χ0n) is 35.9. The summed E-state index contributed by atoms with van der Waals surface area (Å²) in [5, 5.41) is 54.1. The number of nitrogens with one attached hydrogen (secondary N) is 1. The number of hydrogen-bond donors (Lipinski definition) is 6. The van der Waals surface area contributed by atoms with Crippen LogP contribution in [-0.2, 0) is 14.3 Å². The molecule has 6 N–H and O–H groups in total. The van der Waals surface area contributed by atoms with Crippen LogP contribution in [0.15, 0.2) is 36.5 Å². The van der Waals surface area contributed by atoms with Crippen LogP contribution < -0.4 is 5.32 Å². The summed E-state index contributed by atoms with van der Waals surface area (Å²) in [5.41, 5.74) is 0. The Kier molecular flexibility index (Phi) is 35.3. The van der Waals surface area contributed by atoms with Gasteiger partial charge < -0.3 is 40.3 Å². The highest BCUT2D eigenvalue weighted by molar-refractivity contribution is 5.76. The number of carbonyl (C=O) groups excluding carboxylic acids is 1. The Morgan fingerprint density at radius 2 is 1.02 bits per heavy atom. The molecule has 1 aliphatic heterocycles. The fourth-order valence-corrected chi connectivity index (χ4v) is 7.17. The molecule has 0 aromatic heterocycles. The molecule has 7 atom stereocenters. The monoisotopic (exact) mass is 794 g/mol. The molecule has 328 valence electrons. The molecule has 1 heterocycles. The smallest absolute Gasteiger partial charge is 0.220 e. The average Bonchev–Trinajstić information content (AvgIpc) is 3.20. The van der Waals surface area contributed by atoms with Crippen LogP contribution in [0, 0.1) is 0 Å². The summed E-state index contributed by atoms with van der Waals surface area (Å²) >= 11 is 0. The number of unbranched alkanes of at least 4 members (excludes halogenated alkanes) is 24. The Balaban J connectivity index is 2.39. The van der Waals surface area contributed by atoms with Crippen molar-refractivity contribution in [1.82, 2.24) is 5.32 Å². The van der Waals surface area contributed by atoms with Gasteiger partial charge >= 0.3 is 0 Å². The first-order chi connectivity index (χ1) is 27.3. The molecule has 1 fully saturated rings. The molecule has 9 heteroatoms. The molecule has 0 bridgehead atoms. The van der Waals surface area contributed by atoms with Gasteiger partial charge in [0.25, 0.3) is 0 Å². The number of allylic oxidation sites excluding steroid dienone is 5. The lowest BCUT2D eigenvalue weighted by atomic mass is 9.99. The van der Waals surface area contributed by atoms with Gasteiger partial charge in [-0.3, -0.25) is 4.79 Å². The SMILES string of the molecule is CCCCCCCC/C=C\CCCCCCCC(=O)NC(COC1OC(CO)C(O)C(O)C1O)C(O)/C=C/CC/C=C/CCCCCCCCCCCCCC. The maximum absolute atomic E-state index is 12.9. The van der Waals surface area contributed by atoms with Gasteiger partial charge in [0, 0.05) is 6.42 Å². The zero-order valence-corrected chi connectivity index (χ0v) is 35.9. The third-order valence-corrected chi connectivity index (χ3v) is 10.9. The first kappa shape index (κ1) is 52.4. The summed E-state index contributed by atoms with van der Waals surface area (Å²) in [6.45, 7) is 3.74. The van der Waals surface area contributed by atoms with Crippen LogP contribution in [0.5, 0.6) is 0 Å². The van der Waals surface area contributed by atoms with Crippen molar-refractivity contribution in [3.63, 3.8) is 0 Å². The molecule has 7 unspecified atom stereocenters. The van der Waals surface area contributed by atoms with Gasteiger partial charge in [0.1, 0.15) is 24.4 Å². The van der Waals surface area contributed by atoms with E-state index in [0.29, 0.717) is 6.42 Å². The maximum Gasteiger partial charge on any atom is 0.220 e. The molecule has 1 amide bonds. The van der Waals surface area contributed by atoms with Crippen molar-refractivity contribution >= 4 is 5.91 Å². The third-order valence-electron chi connectivity index (χ3n) is 10.9. The van der Waals surface area contributed by atoms with Gasteiger partial charge in [-0.05, 0) is 57.8 Å². The van der Waals surface area contributed by atoms with Crippen molar-refractivity contribution in [1.29, 1.82) is 0 Å². The molecule has 0 aromatic rings. The van der Waals surface area contributed by atoms with Crippen molar-refractivity contribution in [2.24, 2.45) is 0 Å². The molecule has 9 nitrogen and oxygen atoms in total. The summed E-state index contributed by atoms with van der Waals surface area (Å²) in [4.78, 5) is 12.9. The van der Waals surface area contributed by atoms with Crippen molar-refractivity contribution < 1.29 is 39.8 Å². The number of rotatable bonds is 38. The standard InChI is InChI=1S/C47H87NO8/c1-3-5-7-9-11-13-15-17-19-20-21-23-24-26-28-30-32-34-36-41(50)40(39-55-47-46(54)45(53)44(52)42(38-49)56-47)48-43(51)37-35-33-31-29-27-25-22-18-16-14-12-10-8-6-4-2/h18,22,26,28,34,36,40-42,44-47,49-50,52-54H,3-17,19-21,23-25,27,29-33,35,37-39H2,1-2H3,(H,48,51)/b22-18-,28-26+,36-34+. The summed E-state index contributed by atoms with van der Waals surface area (Å²) < 4.78 is 11.2. The molecule has 0 radical (unpaired) electrons. The van der Waals surface area contributed by atoms with Gasteiger partial charge in [-0.25, -0.2) is 0 Å². The lowest BCUT2D eigenvalue weighted by Gasteiger charge is -2.40. The van der Waals surface area contributed by atoms with Crippen LogP contribution in [-0.4, -0.2) is 87.5 Å². The second-order valence-corrected chi connectivity index (χ2v) is 16.2. The van der Waals surface area contributed by atoms with E-state index in [0.717, 1.165) is 57.8 Å². The summed E-state index contributed by atoms with van der Waals surface area (Å²) in [6.07, 6.45) is 39.0. The molecular weight excluding hydrogens is 707 g/mol. The predicted molar refractivity (Wildman–Crippen MR) is 230 cm³/mol. The van der Waals surface area contributed by atoms with Crippen LogP contribution in [0.25, 0.3) is 0 Å². The van der Waals surface area contributed by atoms with Crippen molar-refractivity contribution in [2.75, 3.05) is 13.2 Å². The lowest BCUT2D eigenvalue weighted by molar-refractivity contribution is -0.302. The number of aliphatic hydroxyl groups excluding tert-OH is 5. The van der Waals surface area contributed by atoms with Crippen molar-refractivity contribution in [2.45, 2.75) is 243 Å². The number of carbonyl (C=O) groups is 1. The first-order valence-electron chi connectivity index (χ1n) is 23.2. The van der Waals surface area contributed by atoms with Gasteiger partial charge in [0.2, 0.25) is 5.91 Å². The highest BCUT2D eigenvalue weighted by Crippen LogP contribution is 2.22. The molecular formula is C47H87NO8. The first-order valence-corrected chi connectivity index (χ1v) is 23.2. The molecule has 1 saturated heterocycles. The molecule has 1 rings (SSSR count). The van der Waals surface area contributed by atoms with Crippen LogP contribution >= 0.6 is 0 Å². The van der Waals surface area contributed by atoms with Crippen LogP contribution in [0.4, 0.5) is 0 Å². The van der Waals surface area contributed by atoms with E-state index >= 15 is 0 Å². The quantitative estimate of drug-likeness (QED) is 0.0268. The fourth-order valence-electron chi connectivity index (χ4n) is 7.17. The Morgan fingerprint density at radius 1 is 0.589 bits per heavy atom. The summed E-state index contributed by atoms with van der Waals surface area (Å²) in [5.74, 6) is -0.196. The molecule has 0 aromatic carbocycles. The summed E-state index contributed by atoms with van der Waals surface area (Å²) in [6, 6.07) is -0.824. The number of aliphatic hydroxyl groups is 5. The largest absolute Gasteiger partial charge is 0.394 e.